The second-order valence-corrected chi connectivity index (χ2v) is 7.70. The second-order valence-electron chi connectivity index (χ2n) is 4.66. The van der Waals surface area contributed by atoms with Gasteiger partial charge in [0, 0.05) is 6.07 Å². The Morgan fingerprint density at radius 2 is 1.76 bits per heavy atom. The maximum Gasteiger partial charge on any atom is 0.289 e. The first-order chi connectivity index (χ1) is 11.7. The van der Waals surface area contributed by atoms with Gasteiger partial charge in [-0.1, -0.05) is 41.4 Å². The molecule has 0 spiro atoms. The maximum absolute atomic E-state index is 13.0. The van der Waals surface area contributed by atoms with Crippen molar-refractivity contribution in [1.29, 1.82) is 0 Å². The molecule has 0 heterocycles. The standard InChI is InChI=1S/C14H9Cl3N2O5S/c15-9-4-3-6-11(14(9)17)18(8-13(16)20)25(23,24)12-7-2-1-5-10(12)19(21)22/h1-7H,8H2. The van der Waals surface area contributed by atoms with Crippen LogP contribution in [-0.4, -0.2) is 25.1 Å². The van der Waals surface area contributed by atoms with Crippen LogP contribution in [0.4, 0.5) is 11.4 Å². The molecular weight excluding hydrogens is 415 g/mol. The Kier molecular flexibility index (Phi) is 5.89. The molecule has 0 aliphatic carbocycles. The highest BCUT2D eigenvalue weighted by atomic mass is 35.5. The highest BCUT2D eigenvalue weighted by Gasteiger charge is 2.34. The molecule has 0 bridgehead atoms. The second kappa shape index (κ2) is 7.57. The molecule has 0 saturated heterocycles. The fraction of sp³-hybridized carbons (Fsp3) is 0.0714. The Hall–Kier alpha value is -1.87. The van der Waals surface area contributed by atoms with E-state index in [1.807, 2.05) is 0 Å². The third kappa shape index (κ3) is 4.04. The highest BCUT2D eigenvalue weighted by molar-refractivity contribution is 7.93. The zero-order valence-corrected chi connectivity index (χ0v) is 15.3. The summed E-state index contributed by atoms with van der Waals surface area (Å²) >= 11 is 17.3. The molecule has 0 aliphatic rings. The molecule has 0 aromatic heterocycles. The number of carbonyl (C=O) groups excluding carboxylic acids is 1. The molecule has 0 atom stereocenters. The van der Waals surface area contributed by atoms with Crippen molar-refractivity contribution in [3.8, 4) is 0 Å². The fourth-order valence-corrected chi connectivity index (χ4v) is 4.27. The number of sulfonamides is 1. The molecule has 0 fully saturated rings. The Morgan fingerprint density at radius 1 is 1.12 bits per heavy atom. The van der Waals surface area contributed by atoms with Gasteiger partial charge in [0.1, 0.15) is 6.54 Å². The fourth-order valence-electron chi connectivity index (χ4n) is 2.04. The average Bonchev–Trinajstić information content (AvgIpc) is 2.55. The van der Waals surface area contributed by atoms with Crippen LogP contribution in [0.25, 0.3) is 0 Å². The summed E-state index contributed by atoms with van der Waals surface area (Å²) in [6.45, 7) is -0.782. The lowest BCUT2D eigenvalue weighted by molar-refractivity contribution is -0.387. The predicted octanol–water partition coefficient (Wildman–Crippen LogP) is 3.86. The number of halogens is 3. The van der Waals surface area contributed by atoms with Gasteiger partial charge in [0.25, 0.3) is 15.7 Å². The van der Waals surface area contributed by atoms with Gasteiger partial charge < -0.3 is 0 Å². The van der Waals surface area contributed by atoms with Crippen LogP contribution in [0, 0.1) is 10.1 Å². The zero-order valence-electron chi connectivity index (χ0n) is 12.2. The van der Waals surface area contributed by atoms with Gasteiger partial charge in [-0.15, -0.1) is 0 Å². The van der Waals surface area contributed by atoms with Crippen molar-refractivity contribution in [3.63, 3.8) is 0 Å². The third-order valence-electron chi connectivity index (χ3n) is 3.10. The number of hydrogen-bond donors (Lipinski definition) is 0. The SMILES string of the molecule is O=C(Cl)CN(c1cccc(Cl)c1Cl)S(=O)(=O)c1ccccc1[N+](=O)[O-]. The average molecular weight is 424 g/mol. The highest BCUT2D eigenvalue weighted by Crippen LogP contribution is 2.37. The van der Waals surface area contributed by atoms with Gasteiger partial charge in [0.15, 0.2) is 4.90 Å². The van der Waals surface area contributed by atoms with Crippen molar-refractivity contribution in [3.05, 3.63) is 62.6 Å². The number of para-hydroxylation sites is 1. The van der Waals surface area contributed by atoms with E-state index in [-0.39, 0.29) is 15.7 Å². The number of carbonyl (C=O) groups is 1. The number of nitrogens with zero attached hydrogens (tertiary/aromatic N) is 2. The molecule has 0 saturated carbocycles. The van der Waals surface area contributed by atoms with Gasteiger partial charge in [-0.05, 0) is 29.8 Å². The van der Waals surface area contributed by atoms with Crippen LogP contribution in [0.1, 0.15) is 0 Å². The number of nitro benzene ring substituents is 1. The van der Waals surface area contributed by atoms with E-state index in [4.69, 9.17) is 34.8 Å². The summed E-state index contributed by atoms with van der Waals surface area (Å²) in [6, 6.07) is 8.88. The quantitative estimate of drug-likeness (QED) is 0.399. The molecule has 7 nitrogen and oxygen atoms in total. The number of anilines is 1. The Bertz CT molecular complexity index is 949. The number of rotatable bonds is 6. The molecule has 25 heavy (non-hydrogen) atoms. The van der Waals surface area contributed by atoms with Crippen LogP contribution in [0.5, 0.6) is 0 Å². The number of nitro groups is 1. The molecule has 2 aromatic rings. The number of benzene rings is 2. The Labute approximate surface area is 157 Å². The first-order valence-electron chi connectivity index (χ1n) is 6.54. The summed E-state index contributed by atoms with van der Waals surface area (Å²) in [5.74, 6) is 0. The lowest BCUT2D eigenvalue weighted by Crippen LogP contribution is -2.35. The van der Waals surface area contributed by atoms with Crippen LogP contribution in [-0.2, 0) is 14.8 Å². The molecule has 0 radical (unpaired) electrons. The molecule has 2 aromatic carbocycles. The van der Waals surface area contributed by atoms with Crippen molar-refractivity contribution in [2.45, 2.75) is 4.90 Å². The van der Waals surface area contributed by atoms with E-state index in [1.165, 1.54) is 30.3 Å². The first-order valence-corrected chi connectivity index (χ1v) is 9.12. The topological polar surface area (TPSA) is 97.6 Å². The largest absolute Gasteiger partial charge is 0.289 e. The van der Waals surface area contributed by atoms with Crippen LogP contribution >= 0.6 is 34.8 Å². The summed E-state index contributed by atoms with van der Waals surface area (Å²) in [6.07, 6.45) is 0. The molecule has 0 N–H and O–H groups in total. The van der Waals surface area contributed by atoms with Gasteiger partial charge in [-0.3, -0.25) is 19.2 Å². The molecule has 11 heteroatoms. The minimum absolute atomic E-state index is 0.0453. The monoisotopic (exact) mass is 422 g/mol. The van der Waals surface area contributed by atoms with E-state index in [9.17, 15) is 23.3 Å². The lowest BCUT2D eigenvalue weighted by atomic mass is 10.3. The predicted molar refractivity (Wildman–Crippen MR) is 95.0 cm³/mol. The molecule has 132 valence electrons. The Morgan fingerprint density at radius 3 is 2.36 bits per heavy atom. The summed E-state index contributed by atoms with van der Waals surface area (Å²) in [5.41, 5.74) is -0.769. The van der Waals surface area contributed by atoms with Crippen molar-refractivity contribution < 1.29 is 18.1 Å². The summed E-state index contributed by atoms with van der Waals surface area (Å²) in [5, 5.41) is 10.1. The van der Waals surface area contributed by atoms with Gasteiger partial charge in [-0.25, -0.2) is 8.42 Å². The van der Waals surface area contributed by atoms with Crippen molar-refractivity contribution in [1.82, 2.24) is 0 Å². The Balaban J connectivity index is 2.72. The van der Waals surface area contributed by atoms with Crippen LogP contribution in [0.3, 0.4) is 0 Å². The van der Waals surface area contributed by atoms with Crippen molar-refractivity contribution in [2.75, 3.05) is 10.8 Å². The molecule has 0 aliphatic heterocycles. The van der Waals surface area contributed by atoms with E-state index >= 15 is 0 Å². The zero-order chi connectivity index (χ0) is 18.8. The van der Waals surface area contributed by atoms with E-state index < -0.39 is 37.3 Å². The van der Waals surface area contributed by atoms with Gasteiger partial charge in [-0.2, -0.15) is 0 Å². The molecule has 2 rings (SSSR count). The molecule has 0 amide bonds. The minimum Gasteiger partial charge on any atom is -0.279 e. The van der Waals surface area contributed by atoms with Crippen LogP contribution in [0.2, 0.25) is 10.0 Å². The van der Waals surface area contributed by atoms with E-state index in [2.05, 4.69) is 0 Å². The van der Waals surface area contributed by atoms with E-state index in [0.29, 0.717) is 4.31 Å². The normalized spacial score (nSPS) is 11.2. The summed E-state index contributed by atoms with van der Waals surface area (Å²) < 4.78 is 26.5. The number of hydrogen-bond acceptors (Lipinski definition) is 5. The van der Waals surface area contributed by atoms with Gasteiger partial charge >= 0.3 is 0 Å². The van der Waals surface area contributed by atoms with E-state index in [1.54, 1.807) is 0 Å². The molecule has 0 unspecified atom stereocenters. The first kappa shape index (κ1) is 19.5. The smallest absolute Gasteiger partial charge is 0.279 e. The minimum atomic E-state index is -4.52. The lowest BCUT2D eigenvalue weighted by Gasteiger charge is -2.24. The van der Waals surface area contributed by atoms with Gasteiger partial charge in [0.2, 0.25) is 5.24 Å². The van der Waals surface area contributed by atoms with Crippen molar-refractivity contribution in [2.24, 2.45) is 0 Å². The summed E-state index contributed by atoms with van der Waals surface area (Å²) in [4.78, 5) is 21.1. The van der Waals surface area contributed by atoms with Gasteiger partial charge in [0.05, 0.1) is 20.7 Å². The van der Waals surface area contributed by atoms with E-state index in [0.717, 1.165) is 12.1 Å². The van der Waals surface area contributed by atoms with Crippen LogP contribution < -0.4 is 4.31 Å². The molecular formula is C14H9Cl3N2O5S. The summed E-state index contributed by atoms with van der Waals surface area (Å²) in [7, 11) is -4.52. The van der Waals surface area contributed by atoms with Crippen molar-refractivity contribution >= 4 is 61.4 Å². The van der Waals surface area contributed by atoms with Crippen LogP contribution in [0.15, 0.2) is 47.4 Å². The third-order valence-corrected chi connectivity index (χ3v) is 5.83. The maximum atomic E-state index is 13.0.